The molecule has 0 saturated carbocycles. The number of hydrogen-bond acceptors (Lipinski definition) is 10. The van der Waals surface area contributed by atoms with Crippen LogP contribution >= 0.6 is 0 Å². The summed E-state index contributed by atoms with van der Waals surface area (Å²) in [6.45, 7) is 5.47. The first kappa shape index (κ1) is 32.9. The fraction of sp³-hybridized carbons (Fsp3) is 0.500. The Balaban J connectivity index is 1.13. The Labute approximate surface area is 271 Å². The van der Waals surface area contributed by atoms with Crippen LogP contribution in [-0.2, 0) is 39.6 Å². The van der Waals surface area contributed by atoms with Gasteiger partial charge in [-0.25, -0.2) is 0 Å². The van der Waals surface area contributed by atoms with E-state index in [2.05, 4.69) is 11.0 Å². The van der Waals surface area contributed by atoms with Crippen LogP contribution in [0.2, 0.25) is 0 Å². The van der Waals surface area contributed by atoms with E-state index in [1.54, 1.807) is 7.11 Å². The van der Waals surface area contributed by atoms with E-state index in [4.69, 9.17) is 42.6 Å². The van der Waals surface area contributed by atoms with Crippen LogP contribution in [0.4, 0.5) is 0 Å². The number of nitrogens with zero attached hydrogens (tertiary/aromatic N) is 1. The van der Waals surface area contributed by atoms with Crippen LogP contribution in [0, 0.1) is 0 Å². The number of benzene rings is 3. The van der Waals surface area contributed by atoms with Gasteiger partial charge in [-0.05, 0) is 30.2 Å². The summed E-state index contributed by atoms with van der Waals surface area (Å²) < 4.78 is 56.1. The SMILES string of the molecule is COc1ccccc1CCN1CCOCCO[C@@H]2[C@@H](OCCOCC1)[C@H](Oc1ccccc1)O[C@@H]1CO[C@@H](c3ccccc3)O[C@@H]21. The first-order valence-corrected chi connectivity index (χ1v) is 16.2. The summed E-state index contributed by atoms with van der Waals surface area (Å²) in [5.41, 5.74) is 2.12. The lowest BCUT2D eigenvalue weighted by molar-refractivity contribution is -0.360. The molecular weight excluding hydrogens is 590 g/mol. The molecule has 0 unspecified atom stereocenters. The molecule has 10 heteroatoms. The molecule has 6 atom stereocenters. The molecule has 0 bridgehead atoms. The van der Waals surface area contributed by atoms with Gasteiger partial charge in [0.05, 0.1) is 53.4 Å². The van der Waals surface area contributed by atoms with Crippen molar-refractivity contribution in [3.8, 4) is 11.5 Å². The van der Waals surface area contributed by atoms with Gasteiger partial charge in [-0.1, -0.05) is 66.7 Å². The number of methoxy groups -OCH3 is 1. The normalized spacial score (nSPS) is 28.5. The van der Waals surface area contributed by atoms with Crippen LogP contribution in [0.5, 0.6) is 11.5 Å². The maximum Gasteiger partial charge on any atom is 0.229 e. The second-order valence-corrected chi connectivity index (χ2v) is 11.4. The highest BCUT2D eigenvalue weighted by molar-refractivity contribution is 5.33. The molecule has 3 aromatic rings. The highest BCUT2D eigenvalue weighted by Crippen LogP contribution is 2.37. The molecule has 3 fully saturated rings. The zero-order chi connectivity index (χ0) is 31.4. The van der Waals surface area contributed by atoms with E-state index in [0.29, 0.717) is 52.0 Å². The molecule has 248 valence electrons. The van der Waals surface area contributed by atoms with Crippen molar-refractivity contribution in [2.75, 3.05) is 73.0 Å². The zero-order valence-electron chi connectivity index (χ0n) is 26.4. The molecule has 0 N–H and O–H groups in total. The molecule has 0 spiro atoms. The van der Waals surface area contributed by atoms with Crippen molar-refractivity contribution in [1.29, 1.82) is 0 Å². The summed E-state index contributed by atoms with van der Waals surface area (Å²) in [5, 5.41) is 0. The zero-order valence-corrected chi connectivity index (χ0v) is 26.4. The lowest BCUT2D eigenvalue weighted by atomic mass is 9.97. The van der Waals surface area contributed by atoms with Crippen molar-refractivity contribution < 1.29 is 42.6 Å². The molecule has 10 nitrogen and oxygen atoms in total. The fourth-order valence-electron chi connectivity index (χ4n) is 6.02. The van der Waals surface area contributed by atoms with Crippen molar-refractivity contribution in [1.82, 2.24) is 4.90 Å². The van der Waals surface area contributed by atoms with Gasteiger partial charge in [-0.2, -0.15) is 0 Å². The summed E-state index contributed by atoms with van der Waals surface area (Å²) in [5.74, 6) is 1.59. The average molecular weight is 636 g/mol. The lowest BCUT2D eigenvalue weighted by Gasteiger charge is -2.48. The molecule has 0 aliphatic carbocycles. The quantitative estimate of drug-likeness (QED) is 0.375. The first-order valence-electron chi connectivity index (χ1n) is 16.2. The molecular formula is C36H45NO9. The van der Waals surface area contributed by atoms with Gasteiger partial charge in [0, 0.05) is 25.2 Å². The first-order chi connectivity index (χ1) is 22.8. The van der Waals surface area contributed by atoms with E-state index in [1.807, 2.05) is 78.9 Å². The smallest absolute Gasteiger partial charge is 0.229 e. The van der Waals surface area contributed by atoms with Crippen molar-refractivity contribution in [3.63, 3.8) is 0 Å². The van der Waals surface area contributed by atoms with Crippen LogP contribution < -0.4 is 9.47 Å². The third-order valence-electron chi connectivity index (χ3n) is 8.42. The molecule has 3 heterocycles. The van der Waals surface area contributed by atoms with Crippen molar-refractivity contribution in [2.45, 2.75) is 43.4 Å². The van der Waals surface area contributed by atoms with Crippen LogP contribution in [0.3, 0.4) is 0 Å². The Morgan fingerprint density at radius 1 is 0.674 bits per heavy atom. The largest absolute Gasteiger partial charge is 0.496 e. The molecule has 3 aliphatic heterocycles. The standard InChI is InChI=1S/C36H45NO9/c1-38-30-15-9-8-10-27(30)16-17-37-18-20-39-22-24-41-33-32-31(26-43-35(46-32)28-11-4-2-5-12-28)45-36(44-29-13-6-3-7-14-29)34(33)42-25-23-40-21-19-37/h2-15,31-36H,16-26H2,1H3/t31-,32-,33+,34-,35-,36-/m1/s1. The number of para-hydroxylation sites is 2. The monoisotopic (exact) mass is 635 g/mol. The molecule has 6 rings (SSSR count). The molecule has 0 radical (unpaired) electrons. The highest BCUT2D eigenvalue weighted by Gasteiger charge is 2.52. The number of rotatable bonds is 7. The second kappa shape index (κ2) is 17.2. The molecule has 46 heavy (non-hydrogen) atoms. The fourth-order valence-corrected chi connectivity index (χ4v) is 6.02. The van der Waals surface area contributed by atoms with E-state index in [1.165, 1.54) is 5.56 Å². The third kappa shape index (κ3) is 8.84. The Morgan fingerprint density at radius 3 is 2.09 bits per heavy atom. The Hall–Kier alpha value is -3.06. The topological polar surface area (TPSA) is 86.3 Å². The predicted molar refractivity (Wildman–Crippen MR) is 170 cm³/mol. The Kier molecular flexibility index (Phi) is 12.3. The van der Waals surface area contributed by atoms with E-state index in [-0.39, 0.29) is 0 Å². The van der Waals surface area contributed by atoms with Gasteiger partial charge in [0.2, 0.25) is 6.29 Å². The molecule has 0 aromatic heterocycles. The van der Waals surface area contributed by atoms with E-state index < -0.39 is 37.0 Å². The van der Waals surface area contributed by atoms with Crippen molar-refractivity contribution >= 4 is 0 Å². The predicted octanol–water partition coefficient (Wildman–Crippen LogP) is 4.28. The minimum Gasteiger partial charge on any atom is -0.496 e. The summed E-state index contributed by atoms with van der Waals surface area (Å²) >= 11 is 0. The van der Waals surface area contributed by atoms with Crippen LogP contribution in [0.15, 0.2) is 84.9 Å². The molecule has 0 amide bonds. The number of ether oxygens (including phenoxy) is 9. The minimum atomic E-state index is -0.740. The summed E-state index contributed by atoms with van der Waals surface area (Å²) in [6, 6.07) is 27.6. The van der Waals surface area contributed by atoms with E-state index in [0.717, 1.165) is 37.4 Å². The van der Waals surface area contributed by atoms with Gasteiger partial charge < -0.3 is 42.6 Å². The third-order valence-corrected chi connectivity index (χ3v) is 8.42. The Morgan fingerprint density at radius 2 is 1.35 bits per heavy atom. The summed E-state index contributed by atoms with van der Waals surface area (Å²) in [4.78, 5) is 2.36. The van der Waals surface area contributed by atoms with Gasteiger partial charge in [0.15, 0.2) is 6.29 Å². The van der Waals surface area contributed by atoms with Crippen LogP contribution in [-0.4, -0.2) is 109 Å². The summed E-state index contributed by atoms with van der Waals surface area (Å²) in [7, 11) is 1.71. The second-order valence-electron chi connectivity index (χ2n) is 11.4. The minimum absolute atomic E-state index is 0.329. The van der Waals surface area contributed by atoms with E-state index in [9.17, 15) is 0 Å². The maximum absolute atomic E-state index is 6.54. The molecule has 3 aromatic carbocycles. The van der Waals surface area contributed by atoms with Gasteiger partial charge >= 0.3 is 0 Å². The van der Waals surface area contributed by atoms with Crippen LogP contribution in [0.25, 0.3) is 0 Å². The van der Waals surface area contributed by atoms with Crippen molar-refractivity contribution in [3.05, 3.63) is 96.1 Å². The lowest BCUT2D eigenvalue weighted by Crippen LogP contribution is -2.64. The number of hydrogen-bond donors (Lipinski definition) is 0. The molecule has 3 aliphatic rings. The Bertz CT molecular complexity index is 1300. The summed E-state index contributed by atoms with van der Waals surface area (Å²) in [6.07, 6.45) is -2.33. The van der Waals surface area contributed by atoms with Crippen molar-refractivity contribution in [2.24, 2.45) is 0 Å². The van der Waals surface area contributed by atoms with Crippen LogP contribution in [0.1, 0.15) is 17.4 Å². The van der Waals surface area contributed by atoms with Gasteiger partial charge in [-0.3, -0.25) is 4.90 Å². The highest BCUT2D eigenvalue weighted by atomic mass is 16.8. The van der Waals surface area contributed by atoms with E-state index >= 15 is 0 Å². The molecule has 3 saturated heterocycles. The van der Waals surface area contributed by atoms with Gasteiger partial charge in [0.25, 0.3) is 0 Å². The average Bonchev–Trinajstić information content (AvgIpc) is 3.11. The van der Waals surface area contributed by atoms with Gasteiger partial charge in [-0.15, -0.1) is 0 Å². The van der Waals surface area contributed by atoms with Gasteiger partial charge in [0.1, 0.15) is 35.9 Å². The maximum atomic E-state index is 6.54. The number of fused-ring (bicyclic) bond motifs is 3.